The fraction of sp³-hybridized carbons (Fsp3) is 0.417. The number of nitrogens with one attached hydrogen (secondary N) is 1. The van der Waals surface area contributed by atoms with Gasteiger partial charge in [0.15, 0.2) is 0 Å². The van der Waals surface area contributed by atoms with Gasteiger partial charge >= 0.3 is 5.97 Å². The first kappa shape index (κ1) is 14.9. The molecule has 3 nitrogen and oxygen atoms in total. The van der Waals surface area contributed by atoms with Crippen LogP contribution in [0.3, 0.4) is 0 Å². The highest BCUT2D eigenvalue weighted by atomic mass is 35.5. The Morgan fingerprint density at radius 2 is 1.81 bits per heavy atom. The number of carbonyl (C=O) groups is 1. The van der Waals surface area contributed by atoms with Crippen molar-refractivity contribution >= 4 is 18.4 Å². The zero-order valence-electron chi connectivity index (χ0n) is 9.73. The number of hydrogen-bond donors (Lipinski definition) is 2. The van der Waals surface area contributed by atoms with Crippen LogP contribution in [-0.2, 0) is 10.3 Å². The molecule has 0 aliphatic rings. The van der Waals surface area contributed by atoms with Crippen LogP contribution in [0.5, 0.6) is 0 Å². The van der Waals surface area contributed by atoms with Gasteiger partial charge in [-0.2, -0.15) is 0 Å². The van der Waals surface area contributed by atoms with Crippen LogP contribution in [-0.4, -0.2) is 17.1 Å². The third kappa shape index (κ3) is 3.83. The molecule has 0 unspecified atom stereocenters. The molecule has 0 aromatic heterocycles. The number of carboxylic acids is 1. The Labute approximate surface area is 102 Å². The summed E-state index contributed by atoms with van der Waals surface area (Å²) in [6.07, 6.45) is 0. The van der Waals surface area contributed by atoms with E-state index in [1.54, 1.807) is 6.92 Å². The molecule has 1 aromatic rings. The smallest absolute Gasteiger partial charge is 0.320 e. The maximum atomic E-state index is 10.7. The molecule has 0 spiro atoms. The molecule has 90 valence electrons. The largest absolute Gasteiger partial charge is 0.480 e. The van der Waals surface area contributed by atoms with Crippen molar-refractivity contribution in [3.63, 3.8) is 0 Å². The summed E-state index contributed by atoms with van der Waals surface area (Å²) < 4.78 is 0. The lowest BCUT2D eigenvalue weighted by Crippen LogP contribution is -2.46. The van der Waals surface area contributed by atoms with Gasteiger partial charge in [-0.05, 0) is 26.3 Å². The molecule has 2 N–H and O–H groups in total. The average Bonchev–Trinajstić information content (AvgIpc) is 2.18. The molecule has 16 heavy (non-hydrogen) atoms. The monoisotopic (exact) mass is 243 g/mol. The molecule has 4 heteroatoms. The van der Waals surface area contributed by atoms with Crippen molar-refractivity contribution in [3.8, 4) is 0 Å². The van der Waals surface area contributed by atoms with Gasteiger partial charge in [-0.25, -0.2) is 0 Å². The minimum Gasteiger partial charge on any atom is -0.480 e. The second kappa shape index (κ2) is 5.87. The van der Waals surface area contributed by atoms with Crippen LogP contribution in [0.4, 0.5) is 0 Å². The number of halogens is 1. The first-order valence-corrected chi connectivity index (χ1v) is 4.99. The van der Waals surface area contributed by atoms with Gasteiger partial charge in [-0.15, -0.1) is 12.4 Å². The Balaban J connectivity index is 0.00000225. The van der Waals surface area contributed by atoms with Crippen LogP contribution in [0.1, 0.15) is 26.3 Å². The van der Waals surface area contributed by atoms with Crippen molar-refractivity contribution < 1.29 is 9.90 Å². The van der Waals surface area contributed by atoms with Crippen LogP contribution in [0, 0.1) is 0 Å². The fourth-order valence-corrected chi connectivity index (χ4v) is 1.54. The summed E-state index contributed by atoms with van der Waals surface area (Å²) in [7, 11) is 0. The lowest BCUT2D eigenvalue weighted by atomic mass is 9.93. The third-order valence-corrected chi connectivity index (χ3v) is 2.44. The van der Waals surface area contributed by atoms with Crippen molar-refractivity contribution in [2.24, 2.45) is 0 Å². The molecule has 0 saturated carbocycles. The molecule has 0 heterocycles. The maximum Gasteiger partial charge on any atom is 0.320 e. The van der Waals surface area contributed by atoms with E-state index in [9.17, 15) is 4.79 Å². The number of carboxylic acid groups (broad SMARTS) is 1. The van der Waals surface area contributed by atoms with E-state index in [1.165, 1.54) is 0 Å². The third-order valence-electron chi connectivity index (χ3n) is 2.44. The summed E-state index contributed by atoms with van der Waals surface area (Å²) in [6, 6.07) is 9.26. The maximum absolute atomic E-state index is 10.7. The highest BCUT2D eigenvalue weighted by molar-refractivity contribution is 5.85. The minimum atomic E-state index is -0.834. The predicted molar refractivity (Wildman–Crippen MR) is 66.9 cm³/mol. The predicted octanol–water partition coefficient (Wildman–Crippen LogP) is 2.41. The molecule has 0 bridgehead atoms. The summed E-state index contributed by atoms with van der Waals surface area (Å²) >= 11 is 0. The van der Waals surface area contributed by atoms with Gasteiger partial charge in [0.05, 0.1) is 0 Å². The highest BCUT2D eigenvalue weighted by Gasteiger charge is 2.24. The molecule has 0 aliphatic heterocycles. The van der Waals surface area contributed by atoms with Crippen molar-refractivity contribution in [3.05, 3.63) is 35.9 Å². The van der Waals surface area contributed by atoms with E-state index in [0.717, 1.165) is 5.56 Å². The molecule has 0 radical (unpaired) electrons. The van der Waals surface area contributed by atoms with E-state index in [4.69, 9.17) is 5.11 Å². The summed E-state index contributed by atoms with van der Waals surface area (Å²) in [5, 5.41) is 11.9. The van der Waals surface area contributed by atoms with Crippen molar-refractivity contribution in [1.29, 1.82) is 0 Å². The number of aliphatic carboxylic acids is 1. The number of hydrogen-bond acceptors (Lipinski definition) is 2. The number of benzene rings is 1. The van der Waals surface area contributed by atoms with E-state index in [1.807, 2.05) is 44.2 Å². The Hall–Kier alpha value is -1.06. The zero-order chi connectivity index (χ0) is 11.5. The summed E-state index contributed by atoms with van der Waals surface area (Å²) in [5.74, 6) is -0.834. The Kier molecular flexibility index (Phi) is 5.48. The van der Waals surface area contributed by atoms with Gasteiger partial charge in [0.25, 0.3) is 0 Å². The van der Waals surface area contributed by atoms with E-state index in [0.29, 0.717) is 0 Å². The van der Waals surface area contributed by atoms with E-state index < -0.39 is 12.0 Å². The first-order valence-electron chi connectivity index (χ1n) is 4.99. The van der Waals surface area contributed by atoms with Crippen molar-refractivity contribution in [2.45, 2.75) is 32.4 Å². The summed E-state index contributed by atoms with van der Waals surface area (Å²) in [5.41, 5.74) is 0.747. The van der Waals surface area contributed by atoms with Crippen LogP contribution in [0.25, 0.3) is 0 Å². The average molecular weight is 244 g/mol. The van der Waals surface area contributed by atoms with Gasteiger partial charge in [0.1, 0.15) is 6.04 Å². The van der Waals surface area contributed by atoms with E-state index in [-0.39, 0.29) is 17.9 Å². The molecule has 0 fully saturated rings. The van der Waals surface area contributed by atoms with Gasteiger partial charge in [-0.1, -0.05) is 30.3 Å². The molecule has 0 saturated heterocycles. The topological polar surface area (TPSA) is 49.3 Å². The van der Waals surface area contributed by atoms with Gasteiger partial charge < -0.3 is 5.11 Å². The quantitative estimate of drug-likeness (QED) is 0.854. The molecular weight excluding hydrogens is 226 g/mol. The number of rotatable bonds is 4. The van der Waals surface area contributed by atoms with E-state index in [2.05, 4.69) is 5.32 Å². The standard InChI is InChI=1S/C12H17NO2.ClH/c1-9(11(14)15)13-12(2,3)10-7-5-4-6-8-10;/h4-9,13H,1-3H3,(H,14,15);1H/t9-;/m1./s1. The van der Waals surface area contributed by atoms with Crippen LogP contribution >= 0.6 is 12.4 Å². The second-order valence-corrected chi connectivity index (χ2v) is 4.20. The highest BCUT2D eigenvalue weighted by Crippen LogP contribution is 2.19. The molecule has 1 aromatic carbocycles. The van der Waals surface area contributed by atoms with Crippen molar-refractivity contribution in [1.82, 2.24) is 5.32 Å². The Bertz CT molecular complexity index is 338. The van der Waals surface area contributed by atoms with Gasteiger partial charge in [0.2, 0.25) is 0 Å². The SMILES string of the molecule is C[C@@H](NC(C)(C)c1ccccc1)C(=O)O.Cl. The molecular formula is C12H18ClNO2. The molecule has 1 atom stereocenters. The molecule has 1 rings (SSSR count). The fourth-order valence-electron chi connectivity index (χ4n) is 1.54. The first-order chi connectivity index (χ1) is 6.93. The van der Waals surface area contributed by atoms with Crippen LogP contribution in [0.15, 0.2) is 30.3 Å². The Morgan fingerprint density at radius 3 is 2.25 bits per heavy atom. The lowest BCUT2D eigenvalue weighted by molar-refractivity contribution is -0.139. The second-order valence-electron chi connectivity index (χ2n) is 4.20. The zero-order valence-corrected chi connectivity index (χ0v) is 10.5. The summed E-state index contributed by atoms with van der Waals surface area (Å²) in [6.45, 7) is 5.59. The van der Waals surface area contributed by atoms with Crippen molar-refractivity contribution in [2.75, 3.05) is 0 Å². The molecule has 0 amide bonds. The summed E-state index contributed by atoms with van der Waals surface area (Å²) in [4.78, 5) is 10.7. The van der Waals surface area contributed by atoms with E-state index >= 15 is 0 Å². The van der Waals surface area contributed by atoms with Crippen LogP contribution in [0.2, 0.25) is 0 Å². The van der Waals surface area contributed by atoms with Crippen LogP contribution < -0.4 is 5.32 Å². The molecule has 0 aliphatic carbocycles. The van der Waals surface area contributed by atoms with Gasteiger partial charge in [-0.3, -0.25) is 10.1 Å². The Morgan fingerprint density at radius 1 is 1.31 bits per heavy atom. The minimum absolute atomic E-state index is 0. The normalized spacial score (nSPS) is 12.7. The van der Waals surface area contributed by atoms with Gasteiger partial charge in [0, 0.05) is 5.54 Å². The lowest BCUT2D eigenvalue weighted by Gasteiger charge is -2.29.